The second kappa shape index (κ2) is 7.23. The highest BCUT2D eigenvalue weighted by Crippen LogP contribution is 2.42. The molecule has 0 amide bonds. The minimum Gasteiger partial charge on any atom is -0.479 e. The van der Waals surface area contributed by atoms with Crippen LogP contribution >= 0.6 is 22.9 Å². The van der Waals surface area contributed by atoms with E-state index in [0.717, 1.165) is 26.9 Å². The number of hydrogen-bond donors (Lipinski definition) is 1. The fourth-order valence-corrected chi connectivity index (χ4v) is 4.29. The third kappa shape index (κ3) is 4.00. The standard InChI is InChI=1S/C21H22ClNO3S/c1-11-10-27-19-16(13-6-8-14(22)9-7-13)15(12(2)23-17(11)19)18(20(24)25)26-21(3,4)5/h6-10,18H,1-5H3,(H,24,25)/t18-/m0/s1. The van der Waals surface area contributed by atoms with Crippen molar-refractivity contribution < 1.29 is 14.6 Å². The van der Waals surface area contributed by atoms with E-state index < -0.39 is 17.7 Å². The Bertz CT molecular complexity index is 1000. The van der Waals surface area contributed by atoms with Crippen molar-refractivity contribution in [3.05, 3.63) is 51.5 Å². The van der Waals surface area contributed by atoms with Crippen molar-refractivity contribution in [2.24, 2.45) is 0 Å². The lowest BCUT2D eigenvalue weighted by atomic mass is 9.94. The number of hydrogen-bond acceptors (Lipinski definition) is 4. The molecular formula is C21H22ClNO3S. The number of rotatable bonds is 4. The van der Waals surface area contributed by atoms with Crippen LogP contribution in [0.1, 0.15) is 43.7 Å². The average molecular weight is 404 g/mol. The Morgan fingerprint density at radius 3 is 2.41 bits per heavy atom. The maximum absolute atomic E-state index is 12.1. The third-order valence-electron chi connectivity index (χ3n) is 4.20. The van der Waals surface area contributed by atoms with Gasteiger partial charge in [0.15, 0.2) is 6.10 Å². The van der Waals surface area contributed by atoms with E-state index in [2.05, 4.69) is 0 Å². The van der Waals surface area contributed by atoms with Gasteiger partial charge in [0.25, 0.3) is 0 Å². The van der Waals surface area contributed by atoms with E-state index in [1.165, 1.54) is 0 Å². The lowest BCUT2D eigenvalue weighted by Crippen LogP contribution is -2.28. The van der Waals surface area contributed by atoms with Crippen LogP contribution in [0.2, 0.25) is 5.02 Å². The van der Waals surface area contributed by atoms with Crippen LogP contribution in [0, 0.1) is 13.8 Å². The number of carboxylic acid groups (broad SMARTS) is 1. The Hall–Kier alpha value is -1.95. The van der Waals surface area contributed by atoms with Gasteiger partial charge >= 0.3 is 5.97 Å². The van der Waals surface area contributed by atoms with E-state index >= 15 is 0 Å². The SMILES string of the molecule is Cc1nc2c(C)csc2c(-c2ccc(Cl)cc2)c1[C@H](OC(C)(C)C)C(=O)O. The summed E-state index contributed by atoms with van der Waals surface area (Å²) in [6.45, 7) is 9.40. The molecule has 0 aliphatic heterocycles. The van der Waals surface area contributed by atoms with Gasteiger partial charge in [-0.1, -0.05) is 23.7 Å². The average Bonchev–Trinajstić information content (AvgIpc) is 2.92. The molecule has 142 valence electrons. The number of ether oxygens (including phenoxy) is 1. The second-order valence-electron chi connectivity index (χ2n) is 7.54. The Morgan fingerprint density at radius 2 is 1.85 bits per heavy atom. The molecule has 1 aromatic carbocycles. The third-order valence-corrected chi connectivity index (χ3v) is 5.56. The normalized spacial score (nSPS) is 13.1. The molecule has 0 aliphatic rings. The van der Waals surface area contributed by atoms with Crippen molar-refractivity contribution in [2.45, 2.75) is 46.3 Å². The molecule has 6 heteroatoms. The molecule has 0 saturated carbocycles. The van der Waals surface area contributed by atoms with Gasteiger partial charge in [-0.05, 0) is 63.3 Å². The largest absolute Gasteiger partial charge is 0.479 e. The Balaban J connectivity index is 2.37. The number of pyridine rings is 1. The van der Waals surface area contributed by atoms with Crippen molar-refractivity contribution in [1.82, 2.24) is 4.98 Å². The molecule has 0 spiro atoms. The molecular weight excluding hydrogens is 382 g/mol. The van der Waals surface area contributed by atoms with E-state index in [9.17, 15) is 9.90 Å². The Kier molecular flexibility index (Phi) is 5.30. The molecule has 0 bridgehead atoms. The molecule has 0 fully saturated rings. The number of nitrogens with zero attached hydrogens (tertiary/aromatic N) is 1. The van der Waals surface area contributed by atoms with Gasteiger partial charge in [0.2, 0.25) is 0 Å². The van der Waals surface area contributed by atoms with Gasteiger partial charge in [-0.3, -0.25) is 4.98 Å². The first-order valence-electron chi connectivity index (χ1n) is 8.63. The summed E-state index contributed by atoms with van der Waals surface area (Å²) >= 11 is 7.63. The highest BCUT2D eigenvalue weighted by atomic mass is 35.5. The lowest BCUT2D eigenvalue weighted by molar-refractivity contribution is -0.160. The number of carbonyl (C=O) groups is 1. The van der Waals surface area contributed by atoms with E-state index in [1.54, 1.807) is 11.3 Å². The Labute approximate surface area is 167 Å². The number of aliphatic carboxylic acids is 1. The van der Waals surface area contributed by atoms with Crippen LogP contribution in [0.25, 0.3) is 21.3 Å². The van der Waals surface area contributed by atoms with E-state index in [-0.39, 0.29) is 0 Å². The van der Waals surface area contributed by atoms with Crippen LogP contribution < -0.4 is 0 Å². The smallest absolute Gasteiger partial charge is 0.337 e. The zero-order valence-corrected chi connectivity index (χ0v) is 17.5. The highest BCUT2D eigenvalue weighted by Gasteiger charge is 2.32. The van der Waals surface area contributed by atoms with Crippen molar-refractivity contribution in [2.75, 3.05) is 0 Å². The van der Waals surface area contributed by atoms with Crippen molar-refractivity contribution >= 4 is 39.1 Å². The first-order chi connectivity index (χ1) is 12.6. The topological polar surface area (TPSA) is 59.4 Å². The molecule has 0 unspecified atom stereocenters. The van der Waals surface area contributed by atoms with E-state index in [4.69, 9.17) is 21.3 Å². The van der Waals surface area contributed by atoms with Gasteiger partial charge < -0.3 is 9.84 Å². The summed E-state index contributed by atoms with van der Waals surface area (Å²) < 4.78 is 6.90. The number of aryl methyl sites for hydroxylation is 2. The summed E-state index contributed by atoms with van der Waals surface area (Å²) in [6, 6.07) is 7.43. The zero-order chi connectivity index (χ0) is 19.9. The van der Waals surface area contributed by atoms with Crippen LogP contribution in [-0.2, 0) is 9.53 Å². The van der Waals surface area contributed by atoms with Crippen LogP contribution in [-0.4, -0.2) is 21.7 Å². The van der Waals surface area contributed by atoms with E-state index in [0.29, 0.717) is 16.3 Å². The molecule has 4 nitrogen and oxygen atoms in total. The quantitative estimate of drug-likeness (QED) is 0.565. The van der Waals surface area contributed by atoms with Crippen molar-refractivity contribution in [3.63, 3.8) is 0 Å². The molecule has 2 heterocycles. The minimum atomic E-state index is -1.12. The van der Waals surface area contributed by atoms with Crippen molar-refractivity contribution in [3.8, 4) is 11.1 Å². The van der Waals surface area contributed by atoms with Crippen LogP contribution in [0.15, 0.2) is 29.6 Å². The molecule has 0 radical (unpaired) electrons. The maximum Gasteiger partial charge on any atom is 0.337 e. The lowest BCUT2D eigenvalue weighted by Gasteiger charge is -2.27. The molecule has 3 rings (SSSR count). The number of benzene rings is 1. The summed E-state index contributed by atoms with van der Waals surface area (Å²) in [6.07, 6.45) is -1.12. The predicted octanol–water partition coefficient (Wildman–Crippen LogP) is 6.17. The first kappa shape index (κ1) is 19.8. The maximum atomic E-state index is 12.1. The van der Waals surface area contributed by atoms with Gasteiger partial charge in [0.05, 0.1) is 15.8 Å². The van der Waals surface area contributed by atoms with Gasteiger partial charge in [-0.25, -0.2) is 4.79 Å². The first-order valence-corrected chi connectivity index (χ1v) is 9.89. The molecule has 0 aliphatic carbocycles. The number of halogens is 1. The number of aromatic nitrogens is 1. The molecule has 1 N–H and O–H groups in total. The zero-order valence-electron chi connectivity index (χ0n) is 16.0. The summed E-state index contributed by atoms with van der Waals surface area (Å²) in [5.74, 6) is -1.03. The molecule has 1 atom stereocenters. The molecule has 27 heavy (non-hydrogen) atoms. The van der Waals surface area contributed by atoms with Crippen molar-refractivity contribution in [1.29, 1.82) is 0 Å². The minimum absolute atomic E-state index is 0.592. The summed E-state index contributed by atoms with van der Waals surface area (Å²) in [5, 5.41) is 12.6. The Morgan fingerprint density at radius 1 is 1.22 bits per heavy atom. The highest BCUT2D eigenvalue weighted by molar-refractivity contribution is 7.18. The monoisotopic (exact) mass is 403 g/mol. The summed E-state index contributed by atoms with van der Waals surface area (Å²) in [5.41, 5.74) is 4.35. The van der Waals surface area contributed by atoms with Gasteiger partial charge in [0, 0.05) is 21.8 Å². The predicted molar refractivity (Wildman–Crippen MR) is 111 cm³/mol. The summed E-state index contributed by atoms with van der Waals surface area (Å²) in [4.78, 5) is 16.9. The van der Waals surface area contributed by atoms with Gasteiger partial charge in [-0.15, -0.1) is 11.3 Å². The molecule has 0 saturated heterocycles. The van der Waals surface area contributed by atoms with E-state index in [1.807, 2.05) is 64.3 Å². The fourth-order valence-electron chi connectivity index (χ4n) is 3.10. The molecule has 3 aromatic rings. The van der Waals surface area contributed by atoms with Gasteiger partial charge in [0.1, 0.15) is 0 Å². The number of thiophene rings is 1. The van der Waals surface area contributed by atoms with Crippen LogP contribution in [0.4, 0.5) is 0 Å². The van der Waals surface area contributed by atoms with Gasteiger partial charge in [-0.2, -0.15) is 0 Å². The molecule has 2 aromatic heterocycles. The number of fused-ring (bicyclic) bond motifs is 1. The summed E-state index contributed by atoms with van der Waals surface area (Å²) in [7, 11) is 0. The number of carboxylic acids is 1. The fraction of sp³-hybridized carbons (Fsp3) is 0.333. The second-order valence-corrected chi connectivity index (χ2v) is 8.85. The van der Waals surface area contributed by atoms with Crippen LogP contribution in [0.5, 0.6) is 0 Å². The van der Waals surface area contributed by atoms with Crippen LogP contribution in [0.3, 0.4) is 0 Å².